The van der Waals surface area contributed by atoms with Crippen molar-refractivity contribution in [1.82, 2.24) is 9.72 Å². The standard InChI is InChI=1S/C23H24N2O3/c1-2-28-19-12-10-16(11-13-19)20-15-18-9-5-6-14-25(18)21(20)22(26)23(27)24-17-7-3-4-8-17/h5-6,9-15,17H,2-4,7-8H2,1H3,(H,24,27). The number of rotatable bonds is 6. The molecule has 2 aromatic heterocycles. The molecule has 0 aliphatic heterocycles. The Kier molecular flexibility index (Phi) is 5.15. The van der Waals surface area contributed by atoms with Crippen molar-refractivity contribution in [2.24, 2.45) is 0 Å². The van der Waals surface area contributed by atoms with Crippen LogP contribution < -0.4 is 10.1 Å². The number of ketones is 1. The highest BCUT2D eigenvalue weighted by Gasteiger charge is 2.27. The van der Waals surface area contributed by atoms with E-state index in [9.17, 15) is 9.59 Å². The second-order valence-corrected chi connectivity index (χ2v) is 7.14. The zero-order valence-electron chi connectivity index (χ0n) is 16.0. The summed E-state index contributed by atoms with van der Waals surface area (Å²) < 4.78 is 7.30. The van der Waals surface area contributed by atoms with Gasteiger partial charge in [0.1, 0.15) is 11.4 Å². The van der Waals surface area contributed by atoms with Gasteiger partial charge < -0.3 is 14.5 Å². The van der Waals surface area contributed by atoms with Crippen molar-refractivity contribution < 1.29 is 14.3 Å². The number of carbonyl (C=O) groups is 2. The van der Waals surface area contributed by atoms with Gasteiger partial charge in [0.15, 0.2) is 0 Å². The van der Waals surface area contributed by atoms with E-state index >= 15 is 0 Å². The molecule has 5 nitrogen and oxygen atoms in total. The molecule has 2 heterocycles. The normalized spacial score (nSPS) is 14.3. The van der Waals surface area contributed by atoms with E-state index in [1.54, 1.807) is 4.40 Å². The number of hydrogen-bond acceptors (Lipinski definition) is 3. The highest BCUT2D eigenvalue weighted by atomic mass is 16.5. The summed E-state index contributed by atoms with van der Waals surface area (Å²) in [5.74, 6) is -0.244. The molecule has 1 N–H and O–H groups in total. The van der Waals surface area contributed by atoms with Gasteiger partial charge in [0.2, 0.25) is 0 Å². The van der Waals surface area contributed by atoms with Gasteiger partial charge >= 0.3 is 0 Å². The molecule has 0 atom stereocenters. The van der Waals surface area contributed by atoms with Gasteiger partial charge in [-0.2, -0.15) is 0 Å². The molecule has 5 heteroatoms. The molecule has 0 unspecified atom stereocenters. The number of ether oxygens (including phenoxy) is 1. The van der Waals surface area contributed by atoms with Crippen LogP contribution in [0.3, 0.4) is 0 Å². The number of nitrogens with one attached hydrogen (secondary N) is 1. The fraction of sp³-hybridized carbons (Fsp3) is 0.304. The fourth-order valence-corrected chi connectivity index (χ4v) is 3.90. The highest BCUT2D eigenvalue weighted by molar-refractivity contribution is 6.43. The molecular weight excluding hydrogens is 352 g/mol. The Morgan fingerprint density at radius 1 is 1.11 bits per heavy atom. The van der Waals surface area contributed by atoms with Crippen molar-refractivity contribution in [2.45, 2.75) is 38.6 Å². The third-order valence-electron chi connectivity index (χ3n) is 5.27. The molecule has 1 aliphatic carbocycles. The first-order valence-electron chi connectivity index (χ1n) is 9.86. The minimum Gasteiger partial charge on any atom is -0.494 e. The number of benzene rings is 1. The Hall–Kier alpha value is -3.08. The van der Waals surface area contributed by atoms with Crippen molar-refractivity contribution in [3.63, 3.8) is 0 Å². The maximum absolute atomic E-state index is 13.1. The lowest BCUT2D eigenvalue weighted by Crippen LogP contribution is -2.38. The van der Waals surface area contributed by atoms with Crippen LogP contribution in [0.1, 0.15) is 43.1 Å². The Balaban J connectivity index is 1.72. The zero-order valence-corrected chi connectivity index (χ0v) is 16.0. The topological polar surface area (TPSA) is 59.8 Å². The lowest BCUT2D eigenvalue weighted by molar-refractivity contribution is -0.117. The molecule has 1 fully saturated rings. The second-order valence-electron chi connectivity index (χ2n) is 7.14. The minimum absolute atomic E-state index is 0.108. The van der Waals surface area contributed by atoms with Crippen molar-refractivity contribution in [3.05, 3.63) is 60.4 Å². The molecule has 1 aromatic carbocycles. The first-order valence-corrected chi connectivity index (χ1v) is 9.86. The van der Waals surface area contributed by atoms with Crippen LogP contribution in [0.25, 0.3) is 16.6 Å². The minimum atomic E-state index is -0.525. The van der Waals surface area contributed by atoms with Crippen LogP contribution in [0.5, 0.6) is 5.75 Å². The number of fused-ring (bicyclic) bond motifs is 1. The molecule has 0 radical (unpaired) electrons. The maximum atomic E-state index is 13.1. The van der Waals surface area contributed by atoms with Crippen molar-refractivity contribution in [1.29, 1.82) is 0 Å². The molecule has 4 rings (SSSR count). The smallest absolute Gasteiger partial charge is 0.294 e. The lowest BCUT2D eigenvalue weighted by atomic mass is 10.0. The number of carbonyl (C=O) groups excluding carboxylic acids is 2. The summed E-state index contributed by atoms with van der Waals surface area (Å²) in [6, 6.07) is 15.4. The van der Waals surface area contributed by atoms with Gasteiger partial charge in [-0.15, -0.1) is 0 Å². The first-order chi connectivity index (χ1) is 13.7. The van der Waals surface area contributed by atoms with Gasteiger partial charge in [0, 0.05) is 23.3 Å². The average Bonchev–Trinajstić information content (AvgIpc) is 3.35. The first kappa shape index (κ1) is 18.3. The Labute approximate surface area is 164 Å². The number of aromatic nitrogens is 1. The van der Waals surface area contributed by atoms with Crippen molar-refractivity contribution in [2.75, 3.05) is 6.61 Å². The van der Waals surface area contributed by atoms with Crippen molar-refractivity contribution in [3.8, 4) is 16.9 Å². The lowest BCUT2D eigenvalue weighted by Gasteiger charge is -2.12. The molecule has 1 amide bonds. The summed E-state index contributed by atoms with van der Waals surface area (Å²) in [5.41, 5.74) is 2.91. The van der Waals surface area contributed by atoms with Crippen LogP contribution in [0.15, 0.2) is 54.7 Å². The molecule has 28 heavy (non-hydrogen) atoms. The summed E-state index contributed by atoms with van der Waals surface area (Å²) in [4.78, 5) is 25.8. The third kappa shape index (κ3) is 3.52. The van der Waals surface area contributed by atoms with E-state index in [2.05, 4.69) is 5.32 Å². The Morgan fingerprint density at radius 2 is 1.86 bits per heavy atom. The molecule has 0 spiro atoms. The molecule has 0 saturated heterocycles. The van der Waals surface area contributed by atoms with Gasteiger partial charge in [-0.05, 0) is 55.7 Å². The summed E-state index contributed by atoms with van der Waals surface area (Å²) in [7, 11) is 0. The predicted octanol–water partition coefficient (Wildman–Crippen LogP) is 4.25. The zero-order chi connectivity index (χ0) is 19.5. The molecule has 144 valence electrons. The molecule has 0 bridgehead atoms. The van der Waals surface area contributed by atoms with E-state index in [1.807, 2.05) is 61.7 Å². The quantitative estimate of drug-likeness (QED) is 0.517. The van der Waals surface area contributed by atoms with Crippen LogP contribution >= 0.6 is 0 Å². The van der Waals surface area contributed by atoms with E-state index < -0.39 is 11.7 Å². The monoisotopic (exact) mass is 376 g/mol. The largest absolute Gasteiger partial charge is 0.494 e. The van der Waals surface area contributed by atoms with Crippen molar-refractivity contribution >= 4 is 17.2 Å². The average molecular weight is 376 g/mol. The number of amides is 1. The van der Waals surface area contributed by atoms with Gasteiger partial charge in [-0.1, -0.05) is 31.0 Å². The predicted molar refractivity (Wildman–Crippen MR) is 109 cm³/mol. The number of Topliss-reactive ketones (excluding diaryl/α,β-unsaturated/α-hetero) is 1. The SMILES string of the molecule is CCOc1ccc(-c2cc3ccccn3c2C(=O)C(=O)NC2CCCC2)cc1. The van der Waals surface area contributed by atoms with Crippen LogP contribution in [-0.2, 0) is 4.79 Å². The fourth-order valence-electron chi connectivity index (χ4n) is 3.90. The molecular formula is C23H24N2O3. The maximum Gasteiger partial charge on any atom is 0.294 e. The Morgan fingerprint density at radius 3 is 2.57 bits per heavy atom. The molecule has 1 saturated carbocycles. The van der Waals surface area contributed by atoms with E-state index in [-0.39, 0.29) is 6.04 Å². The van der Waals surface area contributed by atoms with Gasteiger partial charge in [-0.3, -0.25) is 9.59 Å². The highest BCUT2D eigenvalue weighted by Crippen LogP contribution is 2.30. The van der Waals surface area contributed by atoms with E-state index in [0.29, 0.717) is 12.3 Å². The summed E-state index contributed by atoms with van der Waals surface area (Å²) in [5, 5.41) is 2.91. The second kappa shape index (κ2) is 7.89. The van der Waals surface area contributed by atoms with Crippen LogP contribution in [0.4, 0.5) is 0 Å². The van der Waals surface area contributed by atoms with Crippen LogP contribution in [0.2, 0.25) is 0 Å². The molecule has 3 aromatic rings. The van der Waals surface area contributed by atoms with Crippen LogP contribution in [0, 0.1) is 0 Å². The van der Waals surface area contributed by atoms with E-state index in [1.165, 1.54) is 0 Å². The number of nitrogens with zero attached hydrogens (tertiary/aromatic N) is 1. The van der Waals surface area contributed by atoms with Gasteiger partial charge in [0.05, 0.1) is 6.61 Å². The Bertz CT molecular complexity index is 998. The number of hydrogen-bond donors (Lipinski definition) is 1. The summed E-state index contributed by atoms with van der Waals surface area (Å²) in [6.45, 7) is 2.54. The van der Waals surface area contributed by atoms with E-state index in [0.717, 1.165) is 48.1 Å². The van der Waals surface area contributed by atoms with Crippen LogP contribution in [-0.4, -0.2) is 28.7 Å². The summed E-state index contributed by atoms with van der Waals surface area (Å²) >= 11 is 0. The summed E-state index contributed by atoms with van der Waals surface area (Å²) in [6.07, 6.45) is 5.91. The number of pyridine rings is 1. The van der Waals surface area contributed by atoms with Gasteiger partial charge in [-0.25, -0.2) is 0 Å². The molecule has 1 aliphatic rings. The van der Waals surface area contributed by atoms with E-state index in [4.69, 9.17) is 4.74 Å². The van der Waals surface area contributed by atoms with Gasteiger partial charge in [0.25, 0.3) is 11.7 Å². The third-order valence-corrected chi connectivity index (χ3v) is 5.27.